The van der Waals surface area contributed by atoms with Crippen LogP contribution in [0.25, 0.3) is 0 Å². The van der Waals surface area contributed by atoms with E-state index in [1.54, 1.807) is 36.4 Å². The second kappa shape index (κ2) is 12.1. The number of benzene rings is 3. The first-order valence-corrected chi connectivity index (χ1v) is 13.4. The fourth-order valence-electron chi connectivity index (χ4n) is 3.97. The van der Waals surface area contributed by atoms with Crippen LogP contribution in [-0.2, 0) is 26.2 Å². The van der Waals surface area contributed by atoms with Crippen LogP contribution in [0.2, 0.25) is 5.02 Å². The Kier molecular flexibility index (Phi) is 9.12. The first kappa shape index (κ1) is 27.2. The van der Waals surface area contributed by atoms with Gasteiger partial charge in [-0.25, -0.2) is 8.42 Å². The Hall–Kier alpha value is -3.36. The van der Waals surface area contributed by atoms with Crippen LogP contribution in [0.4, 0.5) is 5.69 Å². The first-order chi connectivity index (χ1) is 17.2. The molecule has 0 spiro atoms. The third-order valence-corrected chi connectivity index (χ3v) is 7.80. The minimum atomic E-state index is -4.11. The zero-order valence-electron chi connectivity index (χ0n) is 20.5. The van der Waals surface area contributed by atoms with Gasteiger partial charge in [0.2, 0.25) is 11.8 Å². The highest BCUT2D eigenvalue weighted by Gasteiger charge is 2.33. The van der Waals surface area contributed by atoms with Gasteiger partial charge in [-0.3, -0.25) is 13.9 Å². The highest BCUT2D eigenvalue weighted by Crippen LogP contribution is 2.27. The number of carbonyl (C=O) groups is 2. The van der Waals surface area contributed by atoms with Crippen molar-refractivity contribution >= 4 is 39.1 Å². The number of carbonyl (C=O) groups excluding carboxylic acids is 2. The molecule has 0 saturated carbocycles. The summed E-state index contributed by atoms with van der Waals surface area (Å²) in [6.45, 7) is 3.41. The molecule has 0 heterocycles. The molecule has 0 radical (unpaired) electrons. The number of aryl methyl sites for hydroxylation is 1. The fraction of sp³-hybridized carbons (Fsp3) is 0.259. The van der Waals surface area contributed by atoms with Gasteiger partial charge in [-0.05, 0) is 49.2 Å². The molecule has 0 saturated heterocycles. The van der Waals surface area contributed by atoms with E-state index in [2.05, 4.69) is 5.32 Å². The average Bonchev–Trinajstić information content (AvgIpc) is 2.87. The molecule has 3 aromatic carbocycles. The number of likely N-dealkylation sites (N-methyl/N-ethyl adjacent to an activating group) is 1. The van der Waals surface area contributed by atoms with Crippen LogP contribution >= 0.6 is 11.6 Å². The molecular weight excluding hydrogens is 498 g/mol. The number of sulfonamides is 1. The van der Waals surface area contributed by atoms with Gasteiger partial charge in [0.15, 0.2) is 0 Å². The summed E-state index contributed by atoms with van der Waals surface area (Å²) in [5.74, 6) is -0.829. The van der Waals surface area contributed by atoms with E-state index < -0.39 is 28.5 Å². The van der Waals surface area contributed by atoms with Crippen LogP contribution in [0.3, 0.4) is 0 Å². The number of amides is 2. The van der Waals surface area contributed by atoms with Gasteiger partial charge in [0, 0.05) is 18.6 Å². The lowest BCUT2D eigenvalue weighted by Gasteiger charge is -2.33. The third-order valence-electron chi connectivity index (χ3n) is 5.77. The normalized spacial score (nSPS) is 12.0. The number of rotatable bonds is 10. The Balaban J connectivity index is 2.05. The topological polar surface area (TPSA) is 86.8 Å². The standard InChI is InChI=1S/C27H30ClN3O4S/c1-4-25(27(33)29-3)30(18-21-11-8-10-20(2)16-21)26(32)19-31(23-13-9-12-22(28)17-23)36(34,35)24-14-6-5-7-15-24/h5-17,25H,4,18-19H2,1-3H3,(H,29,33). The van der Waals surface area contributed by atoms with Crippen LogP contribution in [0, 0.1) is 6.92 Å². The van der Waals surface area contributed by atoms with Crippen molar-refractivity contribution in [1.82, 2.24) is 10.2 Å². The molecule has 190 valence electrons. The van der Waals surface area contributed by atoms with Crippen molar-refractivity contribution in [2.24, 2.45) is 0 Å². The minimum Gasteiger partial charge on any atom is -0.357 e. The van der Waals surface area contributed by atoms with Gasteiger partial charge in [0.05, 0.1) is 10.6 Å². The molecule has 2 amide bonds. The Bertz CT molecular complexity index is 1320. The lowest BCUT2D eigenvalue weighted by molar-refractivity contribution is -0.140. The molecule has 1 atom stereocenters. The molecule has 1 unspecified atom stereocenters. The Morgan fingerprint density at radius 1 is 0.972 bits per heavy atom. The average molecular weight is 528 g/mol. The highest BCUT2D eigenvalue weighted by molar-refractivity contribution is 7.92. The maximum Gasteiger partial charge on any atom is 0.264 e. The van der Waals surface area contributed by atoms with Crippen molar-refractivity contribution in [2.75, 3.05) is 17.9 Å². The van der Waals surface area contributed by atoms with E-state index in [-0.39, 0.29) is 23.0 Å². The molecule has 1 N–H and O–H groups in total. The summed E-state index contributed by atoms with van der Waals surface area (Å²) >= 11 is 6.17. The first-order valence-electron chi connectivity index (χ1n) is 11.6. The SMILES string of the molecule is CCC(C(=O)NC)N(Cc1cccc(C)c1)C(=O)CN(c1cccc(Cl)c1)S(=O)(=O)c1ccccc1. The van der Waals surface area contributed by atoms with Crippen LogP contribution < -0.4 is 9.62 Å². The lowest BCUT2D eigenvalue weighted by atomic mass is 10.1. The van der Waals surface area contributed by atoms with Crippen molar-refractivity contribution in [1.29, 1.82) is 0 Å². The quantitative estimate of drug-likeness (QED) is 0.423. The van der Waals surface area contributed by atoms with Gasteiger partial charge in [-0.1, -0.05) is 72.6 Å². The summed E-state index contributed by atoms with van der Waals surface area (Å²) in [4.78, 5) is 28.0. The van der Waals surface area contributed by atoms with Crippen LogP contribution in [0.15, 0.2) is 83.8 Å². The third kappa shape index (κ3) is 6.44. The zero-order valence-corrected chi connectivity index (χ0v) is 22.1. The minimum absolute atomic E-state index is 0.0429. The van der Waals surface area contributed by atoms with Gasteiger partial charge >= 0.3 is 0 Å². The maximum absolute atomic E-state index is 13.8. The van der Waals surface area contributed by atoms with Crippen molar-refractivity contribution < 1.29 is 18.0 Å². The number of hydrogen-bond acceptors (Lipinski definition) is 4. The largest absolute Gasteiger partial charge is 0.357 e. The summed E-state index contributed by atoms with van der Waals surface area (Å²) < 4.78 is 28.4. The van der Waals surface area contributed by atoms with Gasteiger partial charge < -0.3 is 10.2 Å². The number of nitrogens with zero attached hydrogens (tertiary/aromatic N) is 2. The molecule has 0 aliphatic rings. The molecule has 7 nitrogen and oxygen atoms in total. The van der Waals surface area contributed by atoms with Crippen LogP contribution in [0.1, 0.15) is 24.5 Å². The summed E-state index contributed by atoms with van der Waals surface area (Å²) in [7, 11) is -2.60. The van der Waals surface area contributed by atoms with E-state index in [0.29, 0.717) is 11.4 Å². The monoisotopic (exact) mass is 527 g/mol. The second-order valence-corrected chi connectivity index (χ2v) is 10.7. The number of anilines is 1. The predicted molar refractivity (Wildman–Crippen MR) is 142 cm³/mol. The maximum atomic E-state index is 13.8. The van der Waals surface area contributed by atoms with Crippen molar-refractivity contribution in [3.63, 3.8) is 0 Å². The van der Waals surface area contributed by atoms with E-state index >= 15 is 0 Å². The van der Waals surface area contributed by atoms with E-state index in [1.165, 1.54) is 30.1 Å². The molecule has 0 aliphatic heterocycles. The lowest BCUT2D eigenvalue weighted by Crippen LogP contribution is -2.51. The highest BCUT2D eigenvalue weighted by atomic mass is 35.5. The Morgan fingerprint density at radius 2 is 1.67 bits per heavy atom. The smallest absolute Gasteiger partial charge is 0.264 e. The van der Waals surface area contributed by atoms with Crippen molar-refractivity contribution in [3.05, 3.63) is 95.0 Å². The molecule has 3 rings (SSSR count). The van der Waals surface area contributed by atoms with Crippen molar-refractivity contribution in [2.45, 2.75) is 37.8 Å². The Morgan fingerprint density at radius 3 is 2.28 bits per heavy atom. The number of hydrogen-bond donors (Lipinski definition) is 1. The van der Waals surface area contributed by atoms with E-state index in [0.717, 1.165) is 15.4 Å². The molecular formula is C27H30ClN3O4S. The molecule has 9 heteroatoms. The summed E-state index contributed by atoms with van der Waals surface area (Å²) in [6, 6.07) is 21.1. The molecule has 36 heavy (non-hydrogen) atoms. The van der Waals surface area contributed by atoms with Crippen LogP contribution in [0.5, 0.6) is 0 Å². The second-order valence-electron chi connectivity index (χ2n) is 8.35. The summed E-state index contributed by atoms with van der Waals surface area (Å²) in [6.07, 6.45) is 0.361. The Labute approximate surface area is 217 Å². The molecule has 0 aromatic heterocycles. The van der Waals surface area contributed by atoms with Gasteiger partial charge in [-0.2, -0.15) is 0 Å². The molecule has 0 aliphatic carbocycles. The zero-order chi connectivity index (χ0) is 26.3. The van der Waals surface area contributed by atoms with Gasteiger partial charge in [-0.15, -0.1) is 0 Å². The molecule has 0 bridgehead atoms. The summed E-state index contributed by atoms with van der Waals surface area (Å²) in [5, 5.41) is 2.95. The number of nitrogens with one attached hydrogen (secondary N) is 1. The predicted octanol–water partition coefficient (Wildman–Crippen LogP) is 4.40. The fourth-order valence-corrected chi connectivity index (χ4v) is 5.58. The van der Waals surface area contributed by atoms with Gasteiger partial charge in [0.25, 0.3) is 10.0 Å². The van der Waals surface area contributed by atoms with E-state index in [4.69, 9.17) is 11.6 Å². The van der Waals surface area contributed by atoms with E-state index in [9.17, 15) is 18.0 Å². The summed E-state index contributed by atoms with van der Waals surface area (Å²) in [5.41, 5.74) is 2.11. The van der Waals surface area contributed by atoms with Gasteiger partial charge in [0.1, 0.15) is 12.6 Å². The van der Waals surface area contributed by atoms with Crippen molar-refractivity contribution in [3.8, 4) is 0 Å². The van der Waals surface area contributed by atoms with E-state index in [1.807, 2.05) is 38.1 Å². The van der Waals surface area contributed by atoms with Crippen LogP contribution in [-0.4, -0.2) is 44.8 Å². The molecule has 0 fully saturated rings. The molecule has 3 aromatic rings. The number of halogens is 1.